The van der Waals surface area contributed by atoms with Crippen LogP contribution in [0.5, 0.6) is 0 Å². The third-order valence-electron chi connectivity index (χ3n) is 5.56. The number of hydrogen-bond acceptors (Lipinski definition) is 4. The van der Waals surface area contributed by atoms with E-state index in [1.165, 1.54) is 0 Å². The number of amides is 1. The third-order valence-corrected chi connectivity index (χ3v) is 5.56. The summed E-state index contributed by atoms with van der Waals surface area (Å²) in [6.07, 6.45) is 6.17. The summed E-state index contributed by atoms with van der Waals surface area (Å²) in [6, 6.07) is 6.03. The van der Waals surface area contributed by atoms with Gasteiger partial charge in [-0.2, -0.15) is 0 Å². The predicted molar refractivity (Wildman–Crippen MR) is 94.8 cm³/mol. The van der Waals surface area contributed by atoms with E-state index in [-0.39, 0.29) is 11.8 Å². The fourth-order valence-electron chi connectivity index (χ4n) is 4.04. The number of piperidine rings is 1. The molecule has 0 spiro atoms. The summed E-state index contributed by atoms with van der Waals surface area (Å²) in [6.45, 7) is 5.61. The first kappa shape index (κ1) is 17.2. The van der Waals surface area contributed by atoms with Crippen LogP contribution < -0.4 is 4.90 Å². The zero-order valence-electron chi connectivity index (χ0n) is 14.6. The van der Waals surface area contributed by atoms with Crippen molar-refractivity contribution in [3.05, 3.63) is 24.4 Å². The van der Waals surface area contributed by atoms with Crippen molar-refractivity contribution in [3.63, 3.8) is 0 Å². The van der Waals surface area contributed by atoms with Crippen molar-refractivity contribution in [1.29, 1.82) is 0 Å². The summed E-state index contributed by atoms with van der Waals surface area (Å²) < 4.78 is 0. The van der Waals surface area contributed by atoms with E-state index in [0.29, 0.717) is 5.92 Å². The van der Waals surface area contributed by atoms with Gasteiger partial charge in [0.1, 0.15) is 5.82 Å². The lowest BCUT2D eigenvalue weighted by atomic mass is 9.95. The number of aromatic nitrogens is 1. The quantitative estimate of drug-likeness (QED) is 0.899. The van der Waals surface area contributed by atoms with Crippen LogP contribution in [0.1, 0.15) is 39.0 Å². The van der Waals surface area contributed by atoms with Gasteiger partial charge in [-0.05, 0) is 57.1 Å². The average molecular weight is 331 g/mol. The van der Waals surface area contributed by atoms with Crippen LogP contribution >= 0.6 is 0 Å². The molecule has 1 saturated heterocycles. The Morgan fingerprint density at radius 2 is 2.08 bits per heavy atom. The molecular weight excluding hydrogens is 302 g/mol. The Labute approximate surface area is 144 Å². The van der Waals surface area contributed by atoms with Gasteiger partial charge in [0, 0.05) is 32.4 Å². The molecule has 1 aromatic heterocycles. The maximum absolute atomic E-state index is 12.7. The maximum Gasteiger partial charge on any atom is 0.228 e. The molecule has 1 aromatic rings. The van der Waals surface area contributed by atoms with E-state index in [4.69, 9.17) is 0 Å². The highest BCUT2D eigenvalue weighted by molar-refractivity contribution is 5.79. The molecule has 5 heteroatoms. The topological polar surface area (TPSA) is 56.7 Å². The fourth-order valence-corrected chi connectivity index (χ4v) is 4.04. The number of aliphatic hydroxyl groups excluding tert-OH is 1. The number of hydrogen-bond donors (Lipinski definition) is 1. The summed E-state index contributed by atoms with van der Waals surface area (Å²) in [5.74, 6) is 1.59. The van der Waals surface area contributed by atoms with Gasteiger partial charge in [0.2, 0.25) is 5.91 Å². The molecule has 3 rings (SSSR count). The SMILES string of the molecule is CCN(CC1CCN(c2ccccn2)CC1)C(=O)C1CCCC1O. The van der Waals surface area contributed by atoms with Gasteiger partial charge in [-0.1, -0.05) is 6.07 Å². The minimum atomic E-state index is -0.433. The Kier molecular flexibility index (Phi) is 5.72. The number of pyridine rings is 1. The Hall–Kier alpha value is -1.62. The second-order valence-electron chi connectivity index (χ2n) is 7.10. The molecule has 2 fully saturated rings. The zero-order chi connectivity index (χ0) is 16.9. The lowest BCUT2D eigenvalue weighted by molar-refractivity contribution is -0.138. The number of carbonyl (C=O) groups is 1. The Morgan fingerprint density at radius 1 is 1.29 bits per heavy atom. The normalized spacial score (nSPS) is 25.0. The molecule has 2 aliphatic rings. The van der Waals surface area contributed by atoms with Crippen molar-refractivity contribution >= 4 is 11.7 Å². The van der Waals surface area contributed by atoms with Crippen molar-refractivity contribution in [1.82, 2.24) is 9.88 Å². The first-order chi connectivity index (χ1) is 11.7. The molecule has 0 aromatic carbocycles. The average Bonchev–Trinajstić information content (AvgIpc) is 3.06. The van der Waals surface area contributed by atoms with E-state index < -0.39 is 6.10 Å². The molecule has 1 amide bonds. The minimum absolute atomic E-state index is 0.162. The lowest BCUT2D eigenvalue weighted by Gasteiger charge is -2.36. The van der Waals surface area contributed by atoms with Crippen LogP contribution in [0.15, 0.2) is 24.4 Å². The summed E-state index contributed by atoms with van der Waals surface area (Å²) >= 11 is 0. The molecule has 1 saturated carbocycles. The first-order valence-electron chi connectivity index (χ1n) is 9.32. The molecule has 5 nitrogen and oxygen atoms in total. The van der Waals surface area contributed by atoms with E-state index >= 15 is 0 Å². The second-order valence-corrected chi connectivity index (χ2v) is 7.10. The highest BCUT2D eigenvalue weighted by atomic mass is 16.3. The molecular formula is C19H29N3O2. The molecule has 2 heterocycles. The van der Waals surface area contributed by atoms with Gasteiger partial charge in [-0.3, -0.25) is 4.79 Å². The summed E-state index contributed by atoms with van der Waals surface area (Å²) in [5, 5.41) is 10.0. The molecule has 1 aliphatic heterocycles. The smallest absolute Gasteiger partial charge is 0.228 e. The van der Waals surface area contributed by atoms with E-state index in [9.17, 15) is 9.90 Å². The number of rotatable bonds is 5. The molecule has 132 valence electrons. The highest BCUT2D eigenvalue weighted by Crippen LogP contribution is 2.28. The van der Waals surface area contributed by atoms with E-state index in [0.717, 1.165) is 64.1 Å². The number of nitrogens with zero attached hydrogens (tertiary/aromatic N) is 3. The van der Waals surface area contributed by atoms with Crippen LogP contribution in [-0.4, -0.2) is 53.2 Å². The van der Waals surface area contributed by atoms with E-state index in [1.54, 1.807) is 0 Å². The highest BCUT2D eigenvalue weighted by Gasteiger charge is 2.35. The van der Waals surface area contributed by atoms with Crippen LogP contribution in [0.3, 0.4) is 0 Å². The van der Waals surface area contributed by atoms with Crippen LogP contribution in [-0.2, 0) is 4.79 Å². The number of carbonyl (C=O) groups excluding carboxylic acids is 1. The van der Waals surface area contributed by atoms with Crippen LogP contribution in [0.25, 0.3) is 0 Å². The minimum Gasteiger partial charge on any atom is -0.392 e. The molecule has 1 aliphatic carbocycles. The van der Waals surface area contributed by atoms with E-state index in [2.05, 4.69) is 16.0 Å². The zero-order valence-corrected chi connectivity index (χ0v) is 14.6. The fraction of sp³-hybridized carbons (Fsp3) is 0.684. The van der Waals surface area contributed by atoms with Gasteiger partial charge in [0.25, 0.3) is 0 Å². The van der Waals surface area contributed by atoms with Gasteiger partial charge < -0.3 is 14.9 Å². The summed E-state index contributed by atoms with van der Waals surface area (Å²) in [7, 11) is 0. The molecule has 1 N–H and O–H groups in total. The van der Waals surface area contributed by atoms with Crippen LogP contribution in [0, 0.1) is 11.8 Å². The van der Waals surface area contributed by atoms with Gasteiger partial charge in [-0.15, -0.1) is 0 Å². The van der Waals surface area contributed by atoms with Gasteiger partial charge >= 0.3 is 0 Å². The van der Waals surface area contributed by atoms with Gasteiger partial charge in [0.15, 0.2) is 0 Å². The molecule has 0 radical (unpaired) electrons. The van der Waals surface area contributed by atoms with Crippen LogP contribution in [0.4, 0.5) is 5.82 Å². The monoisotopic (exact) mass is 331 g/mol. The summed E-state index contributed by atoms with van der Waals surface area (Å²) in [4.78, 5) is 21.4. The standard InChI is InChI=1S/C19H29N3O2/c1-2-21(19(24)16-6-5-7-17(16)23)14-15-9-12-22(13-10-15)18-8-3-4-11-20-18/h3-4,8,11,15-17,23H,2,5-7,9-10,12-14H2,1H3. The summed E-state index contributed by atoms with van der Waals surface area (Å²) in [5.41, 5.74) is 0. The van der Waals surface area contributed by atoms with Crippen molar-refractivity contribution in [2.45, 2.75) is 45.1 Å². The largest absolute Gasteiger partial charge is 0.392 e. The van der Waals surface area contributed by atoms with E-state index in [1.807, 2.05) is 30.2 Å². The van der Waals surface area contributed by atoms with Gasteiger partial charge in [-0.25, -0.2) is 4.98 Å². The van der Waals surface area contributed by atoms with Crippen molar-refractivity contribution < 1.29 is 9.90 Å². The first-order valence-corrected chi connectivity index (χ1v) is 9.32. The lowest BCUT2D eigenvalue weighted by Crippen LogP contribution is -2.44. The second kappa shape index (κ2) is 7.97. The molecule has 0 bridgehead atoms. The number of anilines is 1. The predicted octanol–water partition coefficient (Wildman–Crippen LogP) is 2.31. The Morgan fingerprint density at radius 3 is 2.67 bits per heavy atom. The van der Waals surface area contributed by atoms with Crippen molar-refractivity contribution in [2.24, 2.45) is 11.8 Å². The van der Waals surface area contributed by atoms with Crippen molar-refractivity contribution in [3.8, 4) is 0 Å². The maximum atomic E-state index is 12.7. The van der Waals surface area contributed by atoms with Crippen LogP contribution in [0.2, 0.25) is 0 Å². The Bertz CT molecular complexity index is 529. The molecule has 2 unspecified atom stereocenters. The van der Waals surface area contributed by atoms with Crippen molar-refractivity contribution in [2.75, 3.05) is 31.1 Å². The third kappa shape index (κ3) is 3.89. The molecule has 2 atom stereocenters. The van der Waals surface area contributed by atoms with Gasteiger partial charge in [0.05, 0.1) is 12.0 Å². The number of aliphatic hydroxyl groups is 1. The Balaban J connectivity index is 1.51. The molecule has 24 heavy (non-hydrogen) atoms.